The molecule has 1 saturated carbocycles. The molecule has 3 aliphatic carbocycles. The van der Waals surface area contributed by atoms with Crippen LogP contribution in [0.5, 0.6) is 0 Å². The molecule has 4 heteroatoms. The summed E-state index contributed by atoms with van der Waals surface area (Å²) in [5.74, 6) is -0.335. The second-order valence-electron chi connectivity index (χ2n) is 4.97. The molecule has 0 aromatic rings. The van der Waals surface area contributed by atoms with E-state index in [0.29, 0.717) is 0 Å². The average Bonchev–Trinajstić information content (AvgIpc) is 2.83. The van der Waals surface area contributed by atoms with E-state index in [-0.39, 0.29) is 39.4 Å². The zero-order valence-electron chi connectivity index (χ0n) is 8.67. The Morgan fingerprint density at radius 2 is 1.94 bits per heavy atom. The van der Waals surface area contributed by atoms with Crippen LogP contribution in [0.25, 0.3) is 0 Å². The summed E-state index contributed by atoms with van der Waals surface area (Å²) in [6.07, 6.45) is 4.94. The number of Topliss-reactive ketones (excluding diaryl/α,β-unsaturated/α-hetero) is 2. The van der Waals surface area contributed by atoms with Crippen molar-refractivity contribution in [2.75, 3.05) is 0 Å². The fraction of sp³-hybridized carbons (Fsp3) is 0.500. The summed E-state index contributed by atoms with van der Waals surface area (Å²) >= 11 is 11.7. The van der Waals surface area contributed by atoms with Crippen LogP contribution in [0.2, 0.25) is 0 Å². The normalized spacial score (nSPS) is 45.6. The van der Waals surface area contributed by atoms with E-state index in [1.807, 2.05) is 19.1 Å². The van der Waals surface area contributed by atoms with Gasteiger partial charge in [-0.25, -0.2) is 0 Å². The molecule has 2 bridgehead atoms. The maximum atomic E-state index is 12.2. The van der Waals surface area contributed by atoms with Gasteiger partial charge in [0.1, 0.15) is 10.1 Å². The summed E-state index contributed by atoms with van der Waals surface area (Å²) in [4.78, 5) is 24.3. The molecule has 0 aliphatic heterocycles. The molecule has 0 spiro atoms. The Hall–Kier alpha value is -0.600. The molecule has 0 N–H and O–H groups in total. The number of allylic oxidation sites excluding steroid dienone is 4. The van der Waals surface area contributed by atoms with Gasteiger partial charge in [-0.2, -0.15) is 0 Å². The molecule has 1 fully saturated rings. The van der Waals surface area contributed by atoms with Crippen LogP contribution < -0.4 is 0 Å². The van der Waals surface area contributed by atoms with Crippen molar-refractivity contribution in [3.05, 3.63) is 22.2 Å². The lowest BCUT2D eigenvalue weighted by Crippen LogP contribution is -2.47. The number of ketones is 2. The zero-order chi connectivity index (χ0) is 11.7. The minimum Gasteiger partial charge on any atom is -0.293 e. The maximum absolute atomic E-state index is 12.2. The zero-order valence-corrected chi connectivity index (χ0v) is 10.2. The van der Waals surface area contributed by atoms with Crippen molar-refractivity contribution >= 4 is 34.8 Å². The van der Waals surface area contributed by atoms with Gasteiger partial charge in [0, 0.05) is 11.3 Å². The van der Waals surface area contributed by atoms with E-state index in [0.717, 1.165) is 6.42 Å². The molecule has 0 amide bonds. The van der Waals surface area contributed by atoms with Crippen molar-refractivity contribution in [3.63, 3.8) is 0 Å². The Labute approximate surface area is 103 Å². The summed E-state index contributed by atoms with van der Waals surface area (Å²) in [7, 11) is 0. The van der Waals surface area contributed by atoms with Gasteiger partial charge in [0.2, 0.25) is 0 Å². The largest absolute Gasteiger partial charge is 0.293 e. The van der Waals surface area contributed by atoms with Gasteiger partial charge < -0.3 is 0 Å². The molecule has 16 heavy (non-hydrogen) atoms. The predicted molar refractivity (Wildman–Crippen MR) is 61.1 cm³/mol. The second-order valence-corrected chi connectivity index (χ2v) is 5.73. The van der Waals surface area contributed by atoms with Crippen LogP contribution in [0.1, 0.15) is 13.3 Å². The number of halogens is 2. The summed E-state index contributed by atoms with van der Waals surface area (Å²) in [6, 6.07) is 0. The molecule has 3 rings (SSSR count). The Balaban J connectivity index is 2.22. The van der Waals surface area contributed by atoms with E-state index in [1.54, 1.807) is 0 Å². The standard InChI is InChI=1S/C12H10Cl2O2/c1-12-6-3-2-5(4-6)7(12)10(15)8(13)9(14)11(12)16/h2-3,5-7H,4H2,1H3/t5-,6+,7?,12?/m1/s1/i10+1. The van der Waals surface area contributed by atoms with Crippen molar-refractivity contribution < 1.29 is 9.59 Å². The minimum atomic E-state index is -0.661. The third-order valence-electron chi connectivity index (χ3n) is 4.34. The molecule has 2 unspecified atom stereocenters. The average molecular weight is 258 g/mol. The molecule has 0 aromatic carbocycles. The summed E-state index contributed by atoms with van der Waals surface area (Å²) < 4.78 is 0. The monoisotopic (exact) mass is 257 g/mol. The molecule has 2 nitrogen and oxygen atoms in total. The number of fused-ring (bicyclic) bond motifs is 5. The number of hydrogen-bond acceptors (Lipinski definition) is 2. The molecule has 0 saturated heterocycles. The van der Waals surface area contributed by atoms with Gasteiger partial charge in [0.15, 0.2) is 11.6 Å². The van der Waals surface area contributed by atoms with Gasteiger partial charge in [-0.3, -0.25) is 9.59 Å². The summed E-state index contributed by atoms with van der Waals surface area (Å²) in [5.41, 5.74) is -0.661. The van der Waals surface area contributed by atoms with Crippen molar-refractivity contribution in [2.45, 2.75) is 13.3 Å². The van der Waals surface area contributed by atoms with Crippen LogP contribution in [0.15, 0.2) is 22.2 Å². The van der Waals surface area contributed by atoms with Crippen LogP contribution in [0.4, 0.5) is 0 Å². The third kappa shape index (κ3) is 0.957. The number of carbonyl (C=O) groups is 2. The van der Waals surface area contributed by atoms with E-state index >= 15 is 0 Å². The highest BCUT2D eigenvalue weighted by Gasteiger charge is 2.63. The van der Waals surface area contributed by atoms with Crippen molar-refractivity contribution in [3.8, 4) is 0 Å². The van der Waals surface area contributed by atoms with E-state index in [2.05, 4.69) is 0 Å². The molecule has 4 atom stereocenters. The van der Waals surface area contributed by atoms with Crippen LogP contribution >= 0.6 is 23.2 Å². The fourth-order valence-electron chi connectivity index (χ4n) is 3.45. The first-order chi connectivity index (χ1) is 7.48. The van der Waals surface area contributed by atoms with Crippen LogP contribution in [-0.4, -0.2) is 11.6 Å². The predicted octanol–water partition coefficient (Wildman–Crippen LogP) is 2.66. The number of carbonyl (C=O) groups excluding carboxylic acids is 2. The Morgan fingerprint density at radius 1 is 1.25 bits per heavy atom. The Morgan fingerprint density at radius 3 is 2.62 bits per heavy atom. The van der Waals surface area contributed by atoms with E-state index in [4.69, 9.17) is 23.2 Å². The van der Waals surface area contributed by atoms with Crippen molar-refractivity contribution in [1.82, 2.24) is 0 Å². The number of hydrogen-bond donors (Lipinski definition) is 0. The summed E-state index contributed by atoms with van der Waals surface area (Å²) in [6.45, 7) is 1.85. The lowest BCUT2D eigenvalue weighted by Gasteiger charge is -2.39. The van der Waals surface area contributed by atoms with E-state index in [9.17, 15) is 9.59 Å². The third-order valence-corrected chi connectivity index (χ3v) is 5.17. The molecule has 0 heterocycles. The van der Waals surface area contributed by atoms with Crippen molar-refractivity contribution in [2.24, 2.45) is 23.2 Å². The van der Waals surface area contributed by atoms with Crippen LogP contribution in [0.3, 0.4) is 0 Å². The molecular weight excluding hydrogens is 248 g/mol. The molecular formula is C12H10Cl2O2. The highest BCUT2D eigenvalue weighted by atomic mass is 35.5. The topological polar surface area (TPSA) is 34.1 Å². The first-order valence-corrected chi connectivity index (χ1v) is 6.06. The van der Waals surface area contributed by atoms with Gasteiger partial charge in [-0.15, -0.1) is 0 Å². The van der Waals surface area contributed by atoms with Gasteiger partial charge in [-0.1, -0.05) is 42.3 Å². The SMILES string of the molecule is CC12C(=O)C(Cl)=C(Cl)[13C](=O)C1[C@@H]1C=C[C@H]2C1. The second kappa shape index (κ2) is 2.99. The molecule has 0 aromatic heterocycles. The van der Waals surface area contributed by atoms with Gasteiger partial charge in [-0.05, 0) is 18.3 Å². The molecule has 0 radical (unpaired) electrons. The molecule has 84 valence electrons. The summed E-state index contributed by atoms with van der Waals surface area (Å²) in [5, 5.41) is -0.151. The maximum Gasteiger partial charge on any atom is 0.183 e. The van der Waals surface area contributed by atoms with Crippen LogP contribution in [0, 0.1) is 23.2 Å². The fourth-order valence-corrected chi connectivity index (χ4v) is 3.95. The molecule has 3 aliphatic rings. The van der Waals surface area contributed by atoms with Gasteiger partial charge in [0.05, 0.1) is 0 Å². The minimum absolute atomic E-state index is 0.0740. The lowest BCUT2D eigenvalue weighted by atomic mass is 9.67. The quantitative estimate of drug-likeness (QED) is 0.494. The number of rotatable bonds is 0. The van der Waals surface area contributed by atoms with E-state index < -0.39 is 5.41 Å². The first kappa shape index (κ1) is 10.5. The first-order valence-electron chi connectivity index (χ1n) is 5.30. The highest BCUT2D eigenvalue weighted by molar-refractivity contribution is 6.56. The van der Waals surface area contributed by atoms with Gasteiger partial charge in [0.25, 0.3) is 0 Å². The smallest absolute Gasteiger partial charge is 0.183 e. The Bertz CT molecular complexity index is 477. The van der Waals surface area contributed by atoms with Crippen LogP contribution in [-0.2, 0) is 9.59 Å². The van der Waals surface area contributed by atoms with Crippen molar-refractivity contribution in [1.29, 1.82) is 0 Å². The lowest BCUT2D eigenvalue weighted by molar-refractivity contribution is -0.136. The van der Waals surface area contributed by atoms with E-state index in [1.165, 1.54) is 0 Å². The highest BCUT2D eigenvalue weighted by Crippen LogP contribution is 2.60. The van der Waals surface area contributed by atoms with Gasteiger partial charge >= 0.3 is 0 Å². The Kier molecular flexibility index (Phi) is 1.97.